The largest absolute Gasteiger partial charge is 0.330 e. The summed E-state index contributed by atoms with van der Waals surface area (Å²) in [5.41, 5.74) is -0.740. The molecule has 0 aromatic carbocycles. The van der Waals surface area contributed by atoms with Crippen LogP contribution in [-0.4, -0.2) is 42.7 Å². The normalized spacial score (nSPS) is 11.7. The molecule has 0 saturated heterocycles. The Hall–Kier alpha value is -1.41. The highest BCUT2D eigenvalue weighted by Gasteiger charge is 2.03. The summed E-state index contributed by atoms with van der Waals surface area (Å²) in [6, 6.07) is 1.32. The zero-order valence-corrected chi connectivity index (χ0v) is 11.2. The fourth-order valence-electron chi connectivity index (χ4n) is 1.39. The summed E-state index contributed by atoms with van der Waals surface area (Å²) < 4.78 is 24.2. The third-order valence-electron chi connectivity index (χ3n) is 2.40. The maximum absolute atomic E-state index is 11.6. The molecule has 1 aromatic heterocycles. The Balaban J connectivity index is 2.53. The van der Waals surface area contributed by atoms with Gasteiger partial charge in [-0.2, -0.15) is 0 Å². The highest BCUT2D eigenvalue weighted by molar-refractivity contribution is 7.90. The summed E-state index contributed by atoms with van der Waals surface area (Å²) >= 11 is 0. The van der Waals surface area contributed by atoms with Gasteiger partial charge in [-0.15, -0.1) is 0 Å². The van der Waals surface area contributed by atoms with E-state index in [4.69, 9.17) is 0 Å². The molecule has 0 amide bonds. The van der Waals surface area contributed by atoms with E-state index >= 15 is 0 Å². The van der Waals surface area contributed by atoms with E-state index in [0.29, 0.717) is 13.1 Å². The first-order valence-corrected chi connectivity index (χ1v) is 7.52. The van der Waals surface area contributed by atoms with Gasteiger partial charge in [-0.05, 0) is 0 Å². The lowest BCUT2D eigenvalue weighted by molar-refractivity contribution is 0.550. The van der Waals surface area contributed by atoms with Crippen molar-refractivity contribution in [3.8, 4) is 0 Å². The van der Waals surface area contributed by atoms with Gasteiger partial charge in [0.15, 0.2) is 0 Å². The second-order valence-electron chi connectivity index (χ2n) is 4.08. The lowest BCUT2D eigenvalue weighted by Crippen LogP contribution is -2.40. The van der Waals surface area contributed by atoms with Crippen molar-refractivity contribution in [2.24, 2.45) is 7.05 Å². The minimum absolute atomic E-state index is 0.0364. The van der Waals surface area contributed by atoms with Crippen LogP contribution in [0.25, 0.3) is 0 Å². The Kier molecular flexibility index (Phi) is 4.85. The molecule has 7 nitrogen and oxygen atoms in total. The van der Waals surface area contributed by atoms with Crippen LogP contribution in [0.5, 0.6) is 0 Å². The number of rotatable bonds is 6. The topological polar surface area (TPSA) is 90.2 Å². The van der Waals surface area contributed by atoms with E-state index < -0.39 is 9.84 Å². The Labute approximate surface area is 105 Å². The minimum Gasteiger partial charge on any atom is -0.314 e. The molecule has 0 aliphatic rings. The molecule has 0 atom stereocenters. The van der Waals surface area contributed by atoms with Gasteiger partial charge >= 0.3 is 5.69 Å². The van der Waals surface area contributed by atoms with Gasteiger partial charge in [0.05, 0.1) is 5.75 Å². The van der Waals surface area contributed by atoms with Crippen LogP contribution < -0.4 is 16.6 Å². The quantitative estimate of drug-likeness (QED) is 0.617. The average molecular weight is 275 g/mol. The van der Waals surface area contributed by atoms with Crippen LogP contribution in [0, 0.1) is 0 Å². The molecular formula is C10H17N3O4S. The molecule has 18 heavy (non-hydrogen) atoms. The third-order valence-corrected chi connectivity index (χ3v) is 3.35. The van der Waals surface area contributed by atoms with Gasteiger partial charge in [0.1, 0.15) is 9.84 Å². The molecule has 0 radical (unpaired) electrons. The van der Waals surface area contributed by atoms with Crippen LogP contribution in [0.2, 0.25) is 0 Å². The average Bonchev–Trinajstić information content (AvgIpc) is 2.26. The molecule has 1 aromatic rings. The van der Waals surface area contributed by atoms with Gasteiger partial charge in [0.2, 0.25) is 0 Å². The summed E-state index contributed by atoms with van der Waals surface area (Å²) in [5, 5.41) is 2.88. The highest BCUT2D eigenvalue weighted by Crippen LogP contribution is 1.80. The van der Waals surface area contributed by atoms with Gasteiger partial charge in [0, 0.05) is 45.2 Å². The predicted octanol–water partition coefficient (Wildman–Crippen LogP) is -1.82. The van der Waals surface area contributed by atoms with Crippen molar-refractivity contribution < 1.29 is 8.42 Å². The van der Waals surface area contributed by atoms with Crippen molar-refractivity contribution in [1.29, 1.82) is 0 Å². The van der Waals surface area contributed by atoms with Gasteiger partial charge in [0.25, 0.3) is 5.56 Å². The Morgan fingerprint density at radius 1 is 1.28 bits per heavy atom. The van der Waals surface area contributed by atoms with Crippen LogP contribution in [0.15, 0.2) is 21.9 Å². The van der Waals surface area contributed by atoms with Crippen molar-refractivity contribution in [2.75, 3.05) is 25.1 Å². The van der Waals surface area contributed by atoms with E-state index in [1.165, 1.54) is 16.8 Å². The van der Waals surface area contributed by atoms with Crippen LogP contribution in [0.3, 0.4) is 0 Å². The van der Waals surface area contributed by atoms with E-state index in [9.17, 15) is 18.0 Å². The van der Waals surface area contributed by atoms with Crippen LogP contribution >= 0.6 is 0 Å². The fraction of sp³-hybridized carbons (Fsp3) is 0.600. The monoisotopic (exact) mass is 275 g/mol. The maximum Gasteiger partial charge on any atom is 0.330 e. The first-order valence-electron chi connectivity index (χ1n) is 5.46. The fourth-order valence-corrected chi connectivity index (χ4v) is 1.91. The summed E-state index contributed by atoms with van der Waals surface area (Å²) in [4.78, 5) is 23.1. The molecule has 102 valence electrons. The van der Waals surface area contributed by atoms with E-state index in [2.05, 4.69) is 5.32 Å². The number of hydrogen-bond donors (Lipinski definition) is 1. The molecule has 8 heteroatoms. The number of hydrogen-bond acceptors (Lipinski definition) is 5. The summed E-state index contributed by atoms with van der Waals surface area (Å²) in [6.07, 6.45) is 2.57. The lowest BCUT2D eigenvalue weighted by Gasteiger charge is -2.07. The molecule has 0 bridgehead atoms. The van der Waals surface area contributed by atoms with Gasteiger partial charge in [-0.1, -0.05) is 0 Å². The summed E-state index contributed by atoms with van der Waals surface area (Å²) in [6.45, 7) is 0.894. The first-order chi connectivity index (χ1) is 8.31. The highest BCUT2D eigenvalue weighted by atomic mass is 32.2. The third kappa shape index (κ3) is 4.46. The smallest absolute Gasteiger partial charge is 0.314 e. The number of nitrogens with one attached hydrogen (secondary N) is 1. The molecule has 0 aliphatic carbocycles. The lowest BCUT2D eigenvalue weighted by atomic mass is 10.5. The second kappa shape index (κ2) is 5.96. The summed E-state index contributed by atoms with van der Waals surface area (Å²) in [7, 11) is -1.42. The molecule has 1 heterocycles. The molecule has 1 rings (SSSR count). The molecule has 1 N–H and O–H groups in total. The minimum atomic E-state index is -2.99. The Morgan fingerprint density at radius 2 is 1.94 bits per heavy atom. The maximum atomic E-state index is 11.6. The number of sulfone groups is 1. The van der Waals surface area contributed by atoms with Crippen molar-refractivity contribution in [2.45, 2.75) is 6.54 Å². The Morgan fingerprint density at radius 3 is 2.56 bits per heavy atom. The predicted molar refractivity (Wildman–Crippen MR) is 68.5 cm³/mol. The Bertz CT molecular complexity index is 615. The number of aromatic nitrogens is 2. The van der Waals surface area contributed by atoms with Crippen molar-refractivity contribution in [3.63, 3.8) is 0 Å². The molecular weight excluding hydrogens is 258 g/mol. The number of aryl methyl sites for hydroxylation is 1. The number of nitrogens with zero attached hydrogens (tertiary/aromatic N) is 2. The van der Waals surface area contributed by atoms with Gasteiger partial charge < -0.3 is 9.88 Å². The van der Waals surface area contributed by atoms with Gasteiger partial charge in [-0.3, -0.25) is 9.36 Å². The van der Waals surface area contributed by atoms with Gasteiger partial charge in [-0.25, -0.2) is 13.2 Å². The molecule has 0 spiro atoms. The van der Waals surface area contributed by atoms with Crippen molar-refractivity contribution >= 4 is 9.84 Å². The van der Waals surface area contributed by atoms with E-state index in [-0.39, 0.29) is 23.5 Å². The second-order valence-corrected chi connectivity index (χ2v) is 6.34. The molecule has 0 aliphatic heterocycles. The molecule has 0 fully saturated rings. The van der Waals surface area contributed by atoms with Crippen LogP contribution in [0.4, 0.5) is 0 Å². The van der Waals surface area contributed by atoms with Crippen molar-refractivity contribution in [3.05, 3.63) is 33.1 Å². The molecule has 0 saturated carbocycles. The van der Waals surface area contributed by atoms with E-state index in [1.54, 1.807) is 7.05 Å². The van der Waals surface area contributed by atoms with Crippen LogP contribution in [-0.2, 0) is 23.4 Å². The first kappa shape index (κ1) is 14.7. The van der Waals surface area contributed by atoms with E-state index in [1.807, 2.05) is 0 Å². The molecule has 0 unspecified atom stereocenters. The summed E-state index contributed by atoms with van der Waals surface area (Å²) in [5.74, 6) is 0.0364. The zero-order chi connectivity index (χ0) is 13.8. The zero-order valence-electron chi connectivity index (χ0n) is 10.4. The van der Waals surface area contributed by atoms with Crippen LogP contribution in [0.1, 0.15) is 0 Å². The van der Waals surface area contributed by atoms with E-state index in [0.717, 1.165) is 10.8 Å². The standard InChI is InChI=1S/C10H17N3O4S/c1-12-6-3-9(14)13(10(12)15)7-4-11-5-8-18(2,16)17/h3,6,11H,4-5,7-8H2,1-2H3. The SMILES string of the molecule is Cn1ccc(=O)n(CCNCCS(C)(=O)=O)c1=O. The van der Waals surface area contributed by atoms with Crippen molar-refractivity contribution in [1.82, 2.24) is 14.5 Å².